The van der Waals surface area contributed by atoms with Crippen molar-refractivity contribution in [3.05, 3.63) is 54.7 Å². The molecular formula is C12H8BrNO5S. The summed E-state index contributed by atoms with van der Waals surface area (Å²) in [5, 5.41) is 19.7. The van der Waals surface area contributed by atoms with E-state index in [1.54, 1.807) is 18.2 Å². The van der Waals surface area contributed by atoms with Crippen LogP contribution in [-0.4, -0.2) is 16.0 Å². The van der Waals surface area contributed by atoms with Gasteiger partial charge in [0.15, 0.2) is 0 Å². The van der Waals surface area contributed by atoms with E-state index < -0.39 is 10.9 Å². The Morgan fingerprint density at radius 1 is 1.40 bits per heavy atom. The molecule has 0 spiro atoms. The first-order valence-corrected chi connectivity index (χ1v) is 6.97. The van der Waals surface area contributed by atoms with Crippen molar-refractivity contribution < 1.29 is 19.6 Å². The molecule has 0 radical (unpaired) electrons. The molecule has 0 aliphatic rings. The second-order valence-electron chi connectivity index (χ2n) is 3.70. The van der Waals surface area contributed by atoms with Gasteiger partial charge in [-0.05, 0) is 34.1 Å². The van der Waals surface area contributed by atoms with Crippen LogP contribution in [0.3, 0.4) is 0 Å². The fourth-order valence-electron chi connectivity index (χ4n) is 1.50. The largest absolute Gasteiger partial charge is 0.480 e. The van der Waals surface area contributed by atoms with E-state index in [-0.39, 0.29) is 22.9 Å². The molecule has 0 amide bonds. The van der Waals surface area contributed by atoms with E-state index in [4.69, 9.17) is 9.84 Å². The van der Waals surface area contributed by atoms with Crippen molar-refractivity contribution in [3.63, 3.8) is 0 Å². The Balaban J connectivity index is 2.18. The lowest BCUT2D eigenvalue weighted by Gasteiger charge is -2.07. The summed E-state index contributed by atoms with van der Waals surface area (Å²) in [4.78, 5) is 22.0. The highest BCUT2D eigenvalue weighted by atomic mass is 79.9. The number of nitro benzene ring substituents is 1. The molecule has 1 heterocycles. The van der Waals surface area contributed by atoms with Gasteiger partial charge in [-0.25, -0.2) is 4.79 Å². The number of rotatable bonds is 5. The monoisotopic (exact) mass is 357 g/mol. The number of nitrogens with zero attached hydrogens (tertiary/aromatic N) is 1. The van der Waals surface area contributed by atoms with Crippen LogP contribution in [0.5, 0.6) is 5.75 Å². The fourth-order valence-corrected chi connectivity index (χ4v) is 2.73. The first-order chi connectivity index (χ1) is 9.49. The van der Waals surface area contributed by atoms with E-state index in [2.05, 4.69) is 15.9 Å². The van der Waals surface area contributed by atoms with Crippen LogP contribution in [0.4, 0.5) is 5.69 Å². The molecule has 104 valence electrons. The zero-order valence-electron chi connectivity index (χ0n) is 9.91. The van der Waals surface area contributed by atoms with E-state index in [1.807, 2.05) is 0 Å². The number of thiophene rings is 1. The molecule has 0 fully saturated rings. The molecule has 0 saturated heterocycles. The molecule has 8 heteroatoms. The number of para-hydroxylation sites is 1. The van der Waals surface area contributed by atoms with E-state index in [9.17, 15) is 14.9 Å². The zero-order chi connectivity index (χ0) is 14.7. The van der Waals surface area contributed by atoms with Crippen LogP contribution in [-0.2, 0) is 6.61 Å². The predicted molar refractivity (Wildman–Crippen MR) is 76.4 cm³/mol. The van der Waals surface area contributed by atoms with Crippen molar-refractivity contribution in [2.45, 2.75) is 6.61 Å². The number of benzene rings is 1. The summed E-state index contributed by atoms with van der Waals surface area (Å²) >= 11 is 4.27. The van der Waals surface area contributed by atoms with Crippen LogP contribution < -0.4 is 4.74 Å². The second kappa shape index (κ2) is 6.02. The van der Waals surface area contributed by atoms with Crippen molar-refractivity contribution in [2.24, 2.45) is 0 Å². The van der Waals surface area contributed by atoms with Gasteiger partial charge in [0.25, 0.3) is 0 Å². The lowest BCUT2D eigenvalue weighted by molar-refractivity contribution is -0.386. The molecule has 0 atom stereocenters. The van der Waals surface area contributed by atoms with Crippen LogP contribution in [0.2, 0.25) is 0 Å². The number of carboxylic acid groups (broad SMARTS) is 1. The Kier molecular flexibility index (Phi) is 4.35. The highest BCUT2D eigenvalue weighted by Gasteiger charge is 2.18. The Hall–Kier alpha value is -1.93. The number of ether oxygens (including phenoxy) is 1. The average Bonchev–Trinajstić information content (AvgIpc) is 2.86. The summed E-state index contributed by atoms with van der Waals surface area (Å²) in [5.74, 6) is -0.879. The summed E-state index contributed by atoms with van der Waals surface area (Å²) in [7, 11) is 0. The summed E-state index contributed by atoms with van der Waals surface area (Å²) in [5.41, 5.74) is -0.144. The number of halogens is 1. The number of nitro groups is 1. The van der Waals surface area contributed by atoms with E-state index >= 15 is 0 Å². The molecule has 2 rings (SSSR count). The topological polar surface area (TPSA) is 89.7 Å². The molecule has 0 aliphatic carbocycles. The Labute approximate surface area is 125 Å². The van der Waals surface area contributed by atoms with Gasteiger partial charge in [0, 0.05) is 10.9 Å². The van der Waals surface area contributed by atoms with E-state index in [0.29, 0.717) is 9.35 Å². The Morgan fingerprint density at radius 2 is 2.15 bits per heavy atom. The molecule has 0 saturated carbocycles. The van der Waals surface area contributed by atoms with Crippen molar-refractivity contribution in [3.8, 4) is 5.75 Å². The normalized spacial score (nSPS) is 10.2. The highest BCUT2D eigenvalue weighted by molar-refractivity contribution is 9.10. The van der Waals surface area contributed by atoms with Crippen molar-refractivity contribution >= 4 is 38.9 Å². The van der Waals surface area contributed by atoms with E-state index in [1.165, 1.54) is 12.1 Å². The molecule has 2 aromatic rings. The van der Waals surface area contributed by atoms with Gasteiger partial charge in [-0.15, -0.1) is 11.3 Å². The maximum absolute atomic E-state index is 10.9. The summed E-state index contributed by atoms with van der Waals surface area (Å²) in [6.07, 6.45) is 0. The third-order valence-electron chi connectivity index (χ3n) is 2.37. The minimum Gasteiger partial charge on any atom is -0.480 e. The first kappa shape index (κ1) is 14.5. The molecule has 0 unspecified atom stereocenters. The SMILES string of the molecule is O=C(O)c1ccc(COc2c(Br)cccc2[N+](=O)[O-])s1. The minimum absolute atomic E-state index is 0.0708. The van der Waals surface area contributed by atoms with Crippen LogP contribution >= 0.6 is 27.3 Å². The number of aromatic carboxylic acids is 1. The molecule has 20 heavy (non-hydrogen) atoms. The van der Waals surface area contributed by atoms with Gasteiger partial charge < -0.3 is 9.84 Å². The van der Waals surface area contributed by atoms with E-state index in [0.717, 1.165) is 11.3 Å². The van der Waals surface area contributed by atoms with Crippen LogP contribution in [0.15, 0.2) is 34.8 Å². The summed E-state index contributed by atoms with van der Waals surface area (Å²) in [6.45, 7) is 0.0708. The van der Waals surface area contributed by atoms with Gasteiger partial charge in [0.05, 0.1) is 9.40 Å². The standard InChI is InChI=1S/C12H8BrNO5S/c13-8-2-1-3-9(14(17)18)11(8)19-6-7-4-5-10(20-7)12(15)16/h1-5H,6H2,(H,15,16). The molecule has 1 aromatic carbocycles. The third-order valence-corrected chi connectivity index (χ3v) is 4.05. The molecule has 0 bridgehead atoms. The van der Waals surface area contributed by atoms with Gasteiger partial charge in [0.2, 0.25) is 5.75 Å². The number of carbonyl (C=O) groups is 1. The molecule has 1 aromatic heterocycles. The van der Waals surface area contributed by atoms with Gasteiger partial charge >= 0.3 is 11.7 Å². The summed E-state index contributed by atoms with van der Waals surface area (Å²) in [6, 6.07) is 7.62. The third kappa shape index (κ3) is 3.14. The van der Waals surface area contributed by atoms with Crippen LogP contribution in [0.25, 0.3) is 0 Å². The minimum atomic E-state index is -1.01. The zero-order valence-corrected chi connectivity index (χ0v) is 12.3. The number of carboxylic acids is 1. The lowest BCUT2D eigenvalue weighted by Crippen LogP contribution is -1.98. The smallest absolute Gasteiger partial charge is 0.345 e. The lowest BCUT2D eigenvalue weighted by atomic mass is 10.3. The summed E-state index contributed by atoms with van der Waals surface area (Å²) < 4.78 is 5.91. The Bertz CT molecular complexity index is 670. The number of hydrogen-bond donors (Lipinski definition) is 1. The van der Waals surface area contributed by atoms with Crippen molar-refractivity contribution in [1.29, 1.82) is 0 Å². The van der Waals surface area contributed by atoms with Crippen LogP contribution in [0, 0.1) is 10.1 Å². The molecule has 0 aliphatic heterocycles. The second-order valence-corrected chi connectivity index (χ2v) is 5.73. The average molecular weight is 358 g/mol. The predicted octanol–water partition coefficient (Wildman–Crippen LogP) is 3.70. The number of hydrogen-bond acceptors (Lipinski definition) is 5. The quantitative estimate of drug-likeness (QED) is 0.650. The highest BCUT2D eigenvalue weighted by Crippen LogP contribution is 2.35. The molecular weight excluding hydrogens is 350 g/mol. The fraction of sp³-hybridized carbons (Fsp3) is 0.0833. The maximum atomic E-state index is 10.9. The Morgan fingerprint density at radius 3 is 2.75 bits per heavy atom. The first-order valence-electron chi connectivity index (χ1n) is 5.36. The van der Waals surface area contributed by atoms with Gasteiger partial charge in [-0.1, -0.05) is 6.07 Å². The van der Waals surface area contributed by atoms with Crippen molar-refractivity contribution in [2.75, 3.05) is 0 Å². The van der Waals surface area contributed by atoms with Gasteiger partial charge in [-0.3, -0.25) is 10.1 Å². The maximum Gasteiger partial charge on any atom is 0.345 e. The molecule has 6 nitrogen and oxygen atoms in total. The van der Waals surface area contributed by atoms with Gasteiger partial charge in [-0.2, -0.15) is 0 Å². The van der Waals surface area contributed by atoms with Crippen molar-refractivity contribution in [1.82, 2.24) is 0 Å². The molecule has 1 N–H and O–H groups in total. The van der Waals surface area contributed by atoms with Crippen LogP contribution in [0.1, 0.15) is 14.5 Å². The van der Waals surface area contributed by atoms with Gasteiger partial charge in [0.1, 0.15) is 11.5 Å².